The number of rotatable bonds is 2. The summed E-state index contributed by atoms with van der Waals surface area (Å²) in [6, 6.07) is 8.32. The van der Waals surface area contributed by atoms with Gasteiger partial charge in [0.05, 0.1) is 18.4 Å². The Balaban J connectivity index is 2.47. The van der Waals surface area contributed by atoms with E-state index >= 15 is 0 Å². The van der Waals surface area contributed by atoms with Gasteiger partial charge in [0.15, 0.2) is 0 Å². The summed E-state index contributed by atoms with van der Waals surface area (Å²) in [6.45, 7) is 0. The summed E-state index contributed by atoms with van der Waals surface area (Å²) >= 11 is 11.9. The Bertz CT molecular complexity index is 579. The maximum Gasteiger partial charge on any atom is 0.337 e. The first-order chi connectivity index (χ1) is 8.60. The average Bonchev–Trinajstić information content (AvgIpc) is 2.37. The normalized spacial score (nSPS) is 10.2. The van der Waals surface area contributed by atoms with Crippen LogP contribution in [0.1, 0.15) is 10.4 Å². The van der Waals surface area contributed by atoms with E-state index in [0.29, 0.717) is 21.3 Å². The van der Waals surface area contributed by atoms with E-state index < -0.39 is 5.97 Å². The number of ether oxygens (including phenoxy) is 1. The highest BCUT2D eigenvalue weighted by Gasteiger charge is 2.08. The van der Waals surface area contributed by atoms with Crippen molar-refractivity contribution >= 4 is 29.2 Å². The third kappa shape index (κ3) is 2.81. The standard InChI is InChI=1S/C13H9Cl2NO2/c1-18-13(17)8-2-3-16-12(6-8)9-4-10(14)7-11(15)5-9/h2-7H,1H3. The Morgan fingerprint density at radius 2 is 1.83 bits per heavy atom. The molecule has 92 valence electrons. The van der Waals surface area contributed by atoms with Crippen molar-refractivity contribution in [2.24, 2.45) is 0 Å². The van der Waals surface area contributed by atoms with Gasteiger partial charge in [0, 0.05) is 21.8 Å². The minimum Gasteiger partial charge on any atom is -0.465 e. The van der Waals surface area contributed by atoms with Gasteiger partial charge in [-0.05, 0) is 30.3 Å². The molecule has 0 radical (unpaired) electrons. The monoisotopic (exact) mass is 281 g/mol. The van der Waals surface area contributed by atoms with Crippen molar-refractivity contribution in [2.45, 2.75) is 0 Å². The molecule has 3 nitrogen and oxygen atoms in total. The summed E-state index contributed by atoms with van der Waals surface area (Å²) < 4.78 is 4.66. The lowest BCUT2D eigenvalue weighted by Crippen LogP contribution is -2.01. The summed E-state index contributed by atoms with van der Waals surface area (Å²) in [7, 11) is 1.33. The lowest BCUT2D eigenvalue weighted by Gasteiger charge is -2.04. The average molecular weight is 282 g/mol. The Morgan fingerprint density at radius 1 is 1.17 bits per heavy atom. The number of hydrogen-bond donors (Lipinski definition) is 0. The molecule has 0 spiro atoms. The van der Waals surface area contributed by atoms with E-state index in [0.717, 1.165) is 5.56 Å². The molecule has 18 heavy (non-hydrogen) atoms. The molecule has 2 rings (SSSR count). The van der Waals surface area contributed by atoms with Gasteiger partial charge in [0.1, 0.15) is 0 Å². The van der Waals surface area contributed by atoms with Crippen LogP contribution in [0, 0.1) is 0 Å². The van der Waals surface area contributed by atoms with Crippen molar-refractivity contribution in [3.63, 3.8) is 0 Å². The first kappa shape index (κ1) is 12.9. The first-order valence-electron chi connectivity index (χ1n) is 5.11. The molecule has 0 aliphatic heterocycles. The lowest BCUT2D eigenvalue weighted by molar-refractivity contribution is 0.0600. The number of carbonyl (C=O) groups excluding carboxylic acids is 1. The molecule has 0 amide bonds. The second-order valence-electron chi connectivity index (χ2n) is 3.58. The first-order valence-corrected chi connectivity index (χ1v) is 5.86. The van der Waals surface area contributed by atoms with Crippen LogP contribution in [0.2, 0.25) is 10.0 Å². The van der Waals surface area contributed by atoms with Gasteiger partial charge in [-0.25, -0.2) is 4.79 Å². The maximum atomic E-state index is 11.4. The SMILES string of the molecule is COC(=O)c1ccnc(-c2cc(Cl)cc(Cl)c2)c1. The van der Waals surface area contributed by atoms with Gasteiger partial charge in [0.2, 0.25) is 0 Å². The summed E-state index contributed by atoms with van der Waals surface area (Å²) in [4.78, 5) is 15.6. The largest absolute Gasteiger partial charge is 0.465 e. The van der Waals surface area contributed by atoms with Gasteiger partial charge in [-0.3, -0.25) is 4.98 Å². The predicted octanol–water partition coefficient (Wildman–Crippen LogP) is 3.84. The molecule has 0 aliphatic carbocycles. The summed E-state index contributed by atoms with van der Waals surface area (Å²) in [5, 5.41) is 1.03. The number of benzene rings is 1. The number of pyridine rings is 1. The molecule has 1 heterocycles. The number of carbonyl (C=O) groups is 1. The lowest BCUT2D eigenvalue weighted by atomic mass is 10.1. The third-order valence-electron chi connectivity index (χ3n) is 2.34. The van der Waals surface area contributed by atoms with E-state index in [9.17, 15) is 4.79 Å². The Labute approximate surface area is 114 Å². The van der Waals surface area contributed by atoms with Gasteiger partial charge in [-0.1, -0.05) is 23.2 Å². The third-order valence-corrected chi connectivity index (χ3v) is 2.78. The summed E-state index contributed by atoms with van der Waals surface area (Å²) in [5.74, 6) is -0.410. The van der Waals surface area contributed by atoms with Crippen LogP contribution in [0.3, 0.4) is 0 Å². The molecule has 0 unspecified atom stereocenters. The van der Waals surface area contributed by atoms with Crippen LogP contribution >= 0.6 is 23.2 Å². The molecule has 2 aromatic rings. The fourth-order valence-electron chi connectivity index (χ4n) is 1.53. The zero-order valence-electron chi connectivity index (χ0n) is 9.48. The number of methoxy groups -OCH3 is 1. The zero-order chi connectivity index (χ0) is 13.1. The molecule has 0 bridgehead atoms. The van der Waals surface area contributed by atoms with Crippen LogP contribution in [0.4, 0.5) is 0 Å². The van der Waals surface area contributed by atoms with E-state index in [1.165, 1.54) is 13.3 Å². The van der Waals surface area contributed by atoms with Crippen molar-refractivity contribution in [2.75, 3.05) is 7.11 Å². The molecular formula is C13H9Cl2NO2. The molecule has 0 saturated carbocycles. The van der Waals surface area contributed by atoms with Crippen LogP contribution in [-0.4, -0.2) is 18.1 Å². The van der Waals surface area contributed by atoms with Crippen LogP contribution in [0.25, 0.3) is 11.3 Å². The fourth-order valence-corrected chi connectivity index (χ4v) is 2.06. The van der Waals surface area contributed by atoms with Crippen LogP contribution in [-0.2, 0) is 4.74 Å². The number of aromatic nitrogens is 1. The van der Waals surface area contributed by atoms with Crippen molar-refractivity contribution < 1.29 is 9.53 Å². The van der Waals surface area contributed by atoms with Crippen molar-refractivity contribution in [3.05, 3.63) is 52.1 Å². The number of halogens is 2. The van der Waals surface area contributed by atoms with Gasteiger partial charge in [-0.2, -0.15) is 0 Å². The molecule has 1 aromatic heterocycles. The predicted molar refractivity (Wildman–Crippen MR) is 71.0 cm³/mol. The zero-order valence-corrected chi connectivity index (χ0v) is 11.0. The molecular weight excluding hydrogens is 273 g/mol. The minimum atomic E-state index is -0.410. The molecule has 0 N–H and O–H groups in total. The van der Waals surface area contributed by atoms with E-state index in [1.807, 2.05) is 0 Å². The summed E-state index contributed by atoms with van der Waals surface area (Å²) in [5.41, 5.74) is 1.79. The van der Waals surface area contributed by atoms with Crippen LogP contribution < -0.4 is 0 Å². The van der Waals surface area contributed by atoms with E-state index in [4.69, 9.17) is 23.2 Å². The molecule has 0 saturated heterocycles. The number of hydrogen-bond acceptors (Lipinski definition) is 3. The fraction of sp³-hybridized carbons (Fsp3) is 0.0769. The number of nitrogens with zero attached hydrogens (tertiary/aromatic N) is 1. The Kier molecular flexibility index (Phi) is 3.84. The van der Waals surface area contributed by atoms with E-state index in [2.05, 4.69) is 9.72 Å². The maximum absolute atomic E-state index is 11.4. The van der Waals surface area contributed by atoms with Crippen LogP contribution in [0.15, 0.2) is 36.5 Å². The van der Waals surface area contributed by atoms with Gasteiger partial charge in [-0.15, -0.1) is 0 Å². The number of esters is 1. The highest BCUT2D eigenvalue weighted by Crippen LogP contribution is 2.26. The minimum absolute atomic E-state index is 0.410. The van der Waals surface area contributed by atoms with Gasteiger partial charge >= 0.3 is 5.97 Å². The van der Waals surface area contributed by atoms with Crippen molar-refractivity contribution in [3.8, 4) is 11.3 Å². The second-order valence-corrected chi connectivity index (χ2v) is 4.45. The smallest absolute Gasteiger partial charge is 0.337 e. The molecule has 0 atom stereocenters. The second kappa shape index (κ2) is 5.38. The molecule has 0 fully saturated rings. The molecule has 0 aliphatic rings. The molecule has 1 aromatic carbocycles. The highest BCUT2D eigenvalue weighted by atomic mass is 35.5. The Hall–Kier alpha value is -1.58. The van der Waals surface area contributed by atoms with E-state index in [-0.39, 0.29) is 0 Å². The van der Waals surface area contributed by atoms with Gasteiger partial charge < -0.3 is 4.74 Å². The highest BCUT2D eigenvalue weighted by molar-refractivity contribution is 6.35. The quantitative estimate of drug-likeness (QED) is 0.785. The summed E-state index contributed by atoms with van der Waals surface area (Å²) in [6.07, 6.45) is 1.54. The molecule has 5 heteroatoms. The van der Waals surface area contributed by atoms with Crippen molar-refractivity contribution in [1.82, 2.24) is 4.98 Å². The van der Waals surface area contributed by atoms with Crippen LogP contribution in [0.5, 0.6) is 0 Å². The Morgan fingerprint density at radius 3 is 2.44 bits per heavy atom. The van der Waals surface area contributed by atoms with Crippen molar-refractivity contribution in [1.29, 1.82) is 0 Å². The van der Waals surface area contributed by atoms with E-state index in [1.54, 1.807) is 30.3 Å². The topological polar surface area (TPSA) is 39.2 Å². The van der Waals surface area contributed by atoms with Gasteiger partial charge in [0.25, 0.3) is 0 Å².